The summed E-state index contributed by atoms with van der Waals surface area (Å²) in [5.41, 5.74) is 5.67. The van der Waals surface area contributed by atoms with E-state index in [-0.39, 0.29) is 12.1 Å². The Kier molecular flexibility index (Phi) is 5.37. The lowest BCUT2D eigenvalue weighted by Crippen LogP contribution is -2.53. The Labute approximate surface area is 105 Å². The third-order valence-corrected chi connectivity index (χ3v) is 5.88. The van der Waals surface area contributed by atoms with E-state index in [2.05, 4.69) is 0 Å². The molecule has 2 N–H and O–H groups in total. The highest BCUT2D eigenvalue weighted by atomic mass is 32.2. The van der Waals surface area contributed by atoms with Gasteiger partial charge in [0.05, 0.1) is 0 Å². The molecule has 0 aromatic carbocycles. The summed E-state index contributed by atoms with van der Waals surface area (Å²) < 4.78 is 28.0. The Morgan fingerprint density at radius 3 is 2.65 bits per heavy atom. The number of piperidine rings is 1. The molecule has 0 amide bonds. The molecular formula is C11H25N3O2S. The van der Waals surface area contributed by atoms with Gasteiger partial charge in [0.1, 0.15) is 0 Å². The molecule has 1 aliphatic rings. The molecule has 2 atom stereocenters. The first-order valence-corrected chi connectivity index (χ1v) is 7.79. The van der Waals surface area contributed by atoms with Gasteiger partial charge in [-0.2, -0.15) is 17.0 Å². The molecule has 1 saturated heterocycles. The van der Waals surface area contributed by atoms with Crippen LogP contribution in [0.2, 0.25) is 0 Å². The van der Waals surface area contributed by atoms with Gasteiger partial charge >= 0.3 is 0 Å². The second-order valence-electron chi connectivity index (χ2n) is 4.78. The van der Waals surface area contributed by atoms with Crippen molar-refractivity contribution in [2.75, 3.05) is 20.1 Å². The lowest BCUT2D eigenvalue weighted by Gasteiger charge is -2.37. The summed E-state index contributed by atoms with van der Waals surface area (Å²) in [5, 5.41) is 0. The standard InChI is InChI=1S/C11H25N3O2S/c1-4-10(2)13(3)17(15,16)14-8-6-5-7-11(14)9-12/h10-11H,4-9,12H2,1-3H3. The van der Waals surface area contributed by atoms with Crippen LogP contribution in [0.5, 0.6) is 0 Å². The molecule has 0 aromatic rings. The normalized spacial score (nSPS) is 25.1. The van der Waals surface area contributed by atoms with E-state index < -0.39 is 10.2 Å². The first-order chi connectivity index (χ1) is 7.95. The summed E-state index contributed by atoms with van der Waals surface area (Å²) in [6, 6.07) is 0.000562. The molecule has 0 saturated carbocycles. The fourth-order valence-corrected chi connectivity index (χ4v) is 4.03. The zero-order chi connectivity index (χ0) is 13.1. The van der Waals surface area contributed by atoms with Crippen LogP contribution in [0.15, 0.2) is 0 Å². The van der Waals surface area contributed by atoms with E-state index in [1.165, 1.54) is 4.31 Å². The van der Waals surface area contributed by atoms with Gasteiger partial charge in [0.25, 0.3) is 10.2 Å². The van der Waals surface area contributed by atoms with Gasteiger partial charge < -0.3 is 5.73 Å². The zero-order valence-corrected chi connectivity index (χ0v) is 11.9. The van der Waals surface area contributed by atoms with Crippen LogP contribution in [0.3, 0.4) is 0 Å². The molecule has 17 heavy (non-hydrogen) atoms. The van der Waals surface area contributed by atoms with Crippen LogP contribution < -0.4 is 5.73 Å². The average molecular weight is 263 g/mol. The molecule has 1 rings (SSSR count). The topological polar surface area (TPSA) is 66.6 Å². The fourth-order valence-electron chi connectivity index (χ4n) is 2.16. The van der Waals surface area contributed by atoms with Crippen molar-refractivity contribution in [2.24, 2.45) is 5.73 Å². The molecule has 2 unspecified atom stereocenters. The van der Waals surface area contributed by atoms with Crippen LogP contribution in [-0.4, -0.2) is 49.2 Å². The minimum Gasteiger partial charge on any atom is -0.329 e. The van der Waals surface area contributed by atoms with Crippen LogP contribution >= 0.6 is 0 Å². The molecule has 6 heteroatoms. The summed E-state index contributed by atoms with van der Waals surface area (Å²) in [7, 11) is -1.69. The van der Waals surface area contributed by atoms with Crippen LogP contribution in [-0.2, 0) is 10.2 Å². The minimum absolute atomic E-state index is 0.0275. The molecule has 0 spiro atoms. The second kappa shape index (κ2) is 6.13. The third-order valence-electron chi connectivity index (χ3n) is 3.72. The van der Waals surface area contributed by atoms with Crippen molar-refractivity contribution in [3.8, 4) is 0 Å². The van der Waals surface area contributed by atoms with Crippen molar-refractivity contribution in [3.05, 3.63) is 0 Å². The van der Waals surface area contributed by atoms with Crippen molar-refractivity contribution in [1.29, 1.82) is 0 Å². The predicted molar refractivity (Wildman–Crippen MR) is 69.8 cm³/mol. The lowest BCUT2D eigenvalue weighted by atomic mass is 10.1. The van der Waals surface area contributed by atoms with Crippen molar-refractivity contribution in [1.82, 2.24) is 8.61 Å². The first kappa shape index (κ1) is 14.9. The van der Waals surface area contributed by atoms with Crippen molar-refractivity contribution < 1.29 is 8.42 Å². The molecule has 1 heterocycles. The number of hydrogen-bond acceptors (Lipinski definition) is 3. The van der Waals surface area contributed by atoms with Gasteiger partial charge in [0.2, 0.25) is 0 Å². The summed E-state index contributed by atoms with van der Waals surface area (Å²) in [5.74, 6) is 0. The number of hydrogen-bond donors (Lipinski definition) is 1. The van der Waals surface area contributed by atoms with E-state index in [1.807, 2.05) is 13.8 Å². The highest BCUT2D eigenvalue weighted by molar-refractivity contribution is 7.86. The molecule has 0 bridgehead atoms. The maximum Gasteiger partial charge on any atom is 0.282 e. The van der Waals surface area contributed by atoms with E-state index in [0.29, 0.717) is 13.1 Å². The first-order valence-electron chi connectivity index (χ1n) is 6.40. The Hall–Kier alpha value is -0.170. The third kappa shape index (κ3) is 3.19. The van der Waals surface area contributed by atoms with E-state index in [0.717, 1.165) is 25.7 Å². The van der Waals surface area contributed by atoms with Crippen molar-refractivity contribution in [2.45, 2.75) is 51.6 Å². The maximum absolute atomic E-state index is 12.5. The summed E-state index contributed by atoms with van der Waals surface area (Å²) in [6.07, 6.45) is 3.70. The number of rotatable bonds is 5. The van der Waals surface area contributed by atoms with Crippen LogP contribution in [0.1, 0.15) is 39.5 Å². The van der Waals surface area contributed by atoms with Crippen molar-refractivity contribution in [3.63, 3.8) is 0 Å². The molecule has 0 aromatic heterocycles. The summed E-state index contributed by atoms with van der Waals surface area (Å²) in [4.78, 5) is 0. The minimum atomic E-state index is -3.35. The Morgan fingerprint density at radius 2 is 2.12 bits per heavy atom. The van der Waals surface area contributed by atoms with Crippen LogP contribution in [0, 0.1) is 0 Å². The van der Waals surface area contributed by atoms with Crippen LogP contribution in [0.25, 0.3) is 0 Å². The molecular weight excluding hydrogens is 238 g/mol. The molecule has 0 aliphatic carbocycles. The number of nitrogens with zero attached hydrogens (tertiary/aromatic N) is 2. The predicted octanol–water partition coefficient (Wildman–Crippen LogP) is 0.775. The Balaban J connectivity index is 2.87. The maximum atomic E-state index is 12.5. The quantitative estimate of drug-likeness (QED) is 0.797. The monoisotopic (exact) mass is 263 g/mol. The largest absolute Gasteiger partial charge is 0.329 e. The Bertz CT molecular complexity index is 332. The smallest absolute Gasteiger partial charge is 0.282 e. The number of nitrogens with two attached hydrogens (primary N) is 1. The van der Waals surface area contributed by atoms with Gasteiger partial charge in [-0.25, -0.2) is 0 Å². The molecule has 1 fully saturated rings. The average Bonchev–Trinajstić information content (AvgIpc) is 2.36. The lowest BCUT2D eigenvalue weighted by molar-refractivity contribution is 0.232. The van der Waals surface area contributed by atoms with Gasteiger partial charge in [-0.3, -0.25) is 0 Å². The highest BCUT2D eigenvalue weighted by Gasteiger charge is 2.35. The highest BCUT2D eigenvalue weighted by Crippen LogP contribution is 2.22. The molecule has 1 aliphatic heterocycles. The second-order valence-corrected chi connectivity index (χ2v) is 6.72. The van der Waals surface area contributed by atoms with Gasteiger partial charge in [-0.1, -0.05) is 13.3 Å². The van der Waals surface area contributed by atoms with Gasteiger partial charge in [-0.05, 0) is 26.2 Å². The van der Waals surface area contributed by atoms with E-state index in [4.69, 9.17) is 5.73 Å². The van der Waals surface area contributed by atoms with Crippen LogP contribution in [0.4, 0.5) is 0 Å². The zero-order valence-electron chi connectivity index (χ0n) is 11.1. The van der Waals surface area contributed by atoms with Gasteiger partial charge in [-0.15, -0.1) is 0 Å². The summed E-state index contributed by atoms with van der Waals surface area (Å²) >= 11 is 0. The van der Waals surface area contributed by atoms with Gasteiger partial charge in [0, 0.05) is 32.2 Å². The molecule has 0 radical (unpaired) electrons. The summed E-state index contributed by atoms with van der Waals surface area (Å²) in [6.45, 7) is 4.94. The SMILES string of the molecule is CCC(C)N(C)S(=O)(=O)N1CCCCC1CN. The van der Waals surface area contributed by atoms with Crippen molar-refractivity contribution >= 4 is 10.2 Å². The Morgan fingerprint density at radius 1 is 1.47 bits per heavy atom. The van der Waals surface area contributed by atoms with E-state index >= 15 is 0 Å². The fraction of sp³-hybridized carbons (Fsp3) is 1.00. The van der Waals surface area contributed by atoms with E-state index in [1.54, 1.807) is 11.4 Å². The molecule has 102 valence electrons. The van der Waals surface area contributed by atoms with E-state index in [9.17, 15) is 8.42 Å². The van der Waals surface area contributed by atoms with Gasteiger partial charge in [0.15, 0.2) is 0 Å². The molecule has 5 nitrogen and oxygen atoms in total.